The van der Waals surface area contributed by atoms with Crippen molar-refractivity contribution in [3.8, 4) is 0 Å². The van der Waals surface area contributed by atoms with E-state index in [1.54, 1.807) is 24.3 Å². The van der Waals surface area contributed by atoms with Gasteiger partial charge in [0.25, 0.3) is 0 Å². The molecule has 1 unspecified atom stereocenters. The predicted octanol–water partition coefficient (Wildman–Crippen LogP) is 2.37. The van der Waals surface area contributed by atoms with Crippen molar-refractivity contribution in [2.45, 2.75) is 37.6 Å². The maximum absolute atomic E-state index is 12.7. The Hall–Kier alpha value is -0.920. The van der Waals surface area contributed by atoms with E-state index in [0.29, 0.717) is 13.0 Å². The average molecular weight is 389 g/mol. The smallest absolute Gasteiger partial charge is 0.243 e. The Balaban J connectivity index is 2.16. The van der Waals surface area contributed by atoms with Gasteiger partial charge in [-0.2, -0.15) is 4.31 Å². The third kappa shape index (κ3) is 4.08. The molecule has 0 spiro atoms. The van der Waals surface area contributed by atoms with Crippen LogP contribution < -0.4 is 5.32 Å². The molecule has 1 aliphatic rings. The second-order valence-corrected chi connectivity index (χ2v) is 8.68. The normalized spacial score (nSPS) is 20.1. The van der Waals surface area contributed by atoms with Crippen LogP contribution in [-0.4, -0.2) is 37.8 Å². The van der Waals surface area contributed by atoms with E-state index < -0.39 is 10.0 Å². The monoisotopic (exact) mass is 388 g/mol. The number of hydrogen-bond acceptors (Lipinski definition) is 3. The van der Waals surface area contributed by atoms with Gasteiger partial charge in [0.05, 0.1) is 10.8 Å². The zero-order valence-electron chi connectivity index (χ0n) is 12.8. The van der Waals surface area contributed by atoms with Crippen molar-refractivity contribution in [3.05, 3.63) is 28.7 Å². The first-order valence-corrected chi connectivity index (χ1v) is 9.60. The van der Waals surface area contributed by atoms with Crippen LogP contribution in [0.5, 0.6) is 0 Å². The van der Waals surface area contributed by atoms with Gasteiger partial charge in [0.1, 0.15) is 0 Å². The molecule has 1 aliphatic heterocycles. The lowest BCUT2D eigenvalue weighted by atomic mass is 9.98. The summed E-state index contributed by atoms with van der Waals surface area (Å²) in [5.41, 5.74) is 0. The van der Waals surface area contributed by atoms with E-state index in [4.69, 9.17) is 0 Å². The lowest BCUT2D eigenvalue weighted by molar-refractivity contribution is -0.126. The molecule has 1 N–H and O–H groups in total. The van der Waals surface area contributed by atoms with Gasteiger partial charge >= 0.3 is 0 Å². The number of piperidine rings is 1. The van der Waals surface area contributed by atoms with E-state index in [1.807, 2.05) is 13.8 Å². The molecule has 1 atom stereocenters. The Morgan fingerprint density at radius 2 is 2.14 bits per heavy atom. The Morgan fingerprint density at radius 1 is 1.41 bits per heavy atom. The highest BCUT2D eigenvalue weighted by molar-refractivity contribution is 9.10. The van der Waals surface area contributed by atoms with Crippen molar-refractivity contribution in [1.29, 1.82) is 0 Å². The summed E-state index contributed by atoms with van der Waals surface area (Å²) in [7, 11) is -3.56. The fraction of sp³-hybridized carbons (Fsp3) is 0.533. The van der Waals surface area contributed by atoms with Crippen LogP contribution in [0.1, 0.15) is 26.7 Å². The van der Waals surface area contributed by atoms with Crippen molar-refractivity contribution >= 4 is 31.9 Å². The van der Waals surface area contributed by atoms with Gasteiger partial charge in [0.15, 0.2) is 0 Å². The van der Waals surface area contributed by atoms with Crippen LogP contribution in [0.3, 0.4) is 0 Å². The molecule has 0 radical (unpaired) electrons. The number of sulfonamides is 1. The van der Waals surface area contributed by atoms with Gasteiger partial charge in [-0.3, -0.25) is 4.79 Å². The van der Waals surface area contributed by atoms with E-state index in [-0.39, 0.29) is 29.3 Å². The average Bonchev–Trinajstić information content (AvgIpc) is 2.46. The lowest BCUT2D eigenvalue weighted by Gasteiger charge is -2.31. The van der Waals surface area contributed by atoms with Crippen molar-refractivity contribution in [3.63, 3.8) is 0 Å². The minimum absolute atomic E-state index is 0.0598. The lowest BCUT2D eigenvalue weighted by Crippen LogP contribution is -2.46. The van der Waals surface area contributed by atoms with Gasteiger partial charge in [-0.25, -0.2) is 8.42 Å². The highest BCUT2D eigenvalue weighted by Crippen LogP contribution is 2.25. The summed E-state index contributed by atoms with van der Waals surface area (Å²) in [6.45, 7) is 4.50. The first-order chi connectivity index (χ1) is 10.3. The van der Waals surface area contributed by atoms with Gasteiger partial charge in [-0.05, 0) is 44.9 Å². The van der Waals surface area contributed by atoms with Crippen LogP contribution in [0.25, 0.3) is 0 Å². The fourth-order valence-corrected chi connectivity index (χ4v) is 4.67. The number of rotatable bonds is 4. The second-order valence-electron chi connectivity index (χ2n) is 5.82. The minimum Gasteiger partial charge on any atom is -0.354 e. The van der Waals surface area contributed by atoms with Gasteiger partial charge in [-0.1, -0.05) is 22.0 Å². The third-order valence-electron chi connectivity index (χ3n) is 3.62. The molecule has 1 amide bonds. The Labute approximate surface area is 140 Å². The van der Waals surface area contributed by atoms with Crippen LogP contribution in [0.15, 0.2) is 33.6 Å². The fourth-order valence-electron chi connectivity index (χ4n) is 2.55. The molecule has 0 aliphatic carbocycles. The van der Waals surface area contributed by atoms with Gasteiger partial charge in [0.2, 0.25) is 15.9 Å². The Bertz CT molecular complexity index is 646. The first kappa shape index (κ1) is 17.4. The first-order valence-electron chi connectivity index (χ1n) is 7.37. The molecular formula is C15H21BrN2O3S. The second kappa shape index (κ2) is 7.10. The SMILES string of the molecule is CC(C)NC(=O)C1CCCN(S(=O)(=O)c2cccc(Br)c2)C1. The molecule has 0 saturated carbocycles. The predicted molar refractivity (Wildman–Crippen MR) is 88.9 cm³/mol. The van der Waals surface area contributed by atoms with Gasteiger partial charge in [0, 0.05) is 23.6 Å². The summed E-state index contributed by atoms with van der Waals surface area (Å²) in [6, 6.07) is 6.72. The van der Waals surface area contributed by atoms with Crippen molar-refractivity contribution in [2.24, 2.45) is 5.92 Å². The largest absolute Gasteiger partial charge is 0.354 e. The quantitative estimate of drug-likeness (QED) is 0.860. The number of carbonyl (C=O) groups is 1. The number of nitrogens with zero attached hydrogens (tertiary/aromatic N) is 1. The molecule has 7 heteroatoms. The minimum atomic E-state index is -3.56. The van der Waals surface area contributed by atoms with E-state index in [2.05, 4.69) is 21.2 Å². The topological polar surface area (TPSA) is 66.5 Å². The molecule has 1 fully saturated rings. The standard InChI is InChI=1S/C15H21BrN2O3S/c1-11(2)17-15(19)12-5-4-8-18(10-12)22(20,21)14-7-3-6-13(16)9-14/h3,6-7,9,11-12H,4-5,8,10H2,1-2H3,(H,17,19). The van der Waals surface area contributed by atoms with Crippen molar-refractivity contribution in [1.82, 2.24) is 9.62 Å². The maximum atomic E-state index is 12.7. The summed E-state index contributed by atoms with van der Waals surface area (Å²) in [5, 5.41) is 2.87. The van der Waals surface area contributed by atoms with Crippen molar-refractivity contribution < 1.29 is 13.2 Å². The van der Waals surface area contributed by atoms with E-state index in [1.165, 1.54) is 4.31 Å². The van der Waals surface area contributed by atoms with Crippen LogP contribution in [-0.2, 0) is 14.8 Å². The summed E-state index contributed by atoms with van der Waals surface area (Å²) < 4.78 is 27.5. The third-order valence-corrected chi connectivity index (χ3v) is 5.97. The van der Waals surface area contributed by atoms with Crippen LogP contribution in [0.4, 0.5) is 0 Å². The summed E-state index contributed by atoms with van der Waals surface area (Å²) in [5.74, 6) is -0.345. The van der Waals surface area contributed by atoms with Gasteiger partial charge in [-0.15, -0.1) is 0 Å². The number of halogens is 1. The zero-order chi connectivity index (χ0) is 16.3. The van der Waals surface area contributed by atoms with E-state index in [0.717, 1.165) is 10.9 Å². The molecular weight excluding hydrogens is 368 g/mol. The molecule has 1 aromatic carbocycles. The number of benzene rings is 1. The molecule has 1 aromatic rings. The molecule has 0 bridgehead atoms. The molecule has 22 heavy (non-hydrogen) atoms. The summed E-state index contributed by atoms with van der Waals surface area (Å²) in [4.78, 5) is 12.4. The molecule has 2 rings (SSSR count). The van der Waals surface area contributed by atoms with Crippen LogP contribution in [0, 0.1) is 5.92 Å². The number of carbonyl (C=O) groups excluding carboxylic acids is 1. The van der Waals surface area contributed by atoms with Crippen molar-refractivity contribution in [2.75, 3.05) is 13.1 Å². The molecule has 122 valence electrons. The molecule has 1 saturated heterocycles. The number of hydrogen-bond donors (Lipinski definition) is 1. The number of amides is 1. The van der Waals surface area contributed by atoms with Crippen LogP contribution >= 0.6 is 15.9 Å². The summed E-state index contributed by atoms with van der Waals surface area (Å²) >= 11 is 3.29. The Kier molecular flexibility index (Phi) is 5.63. The highest BCUT2D eigenvalue weighted by atomic mass is 79.9. The van der Waals surface area contributed by atoms with Crippen LogP contribution in [0.2, 0.25) is 0 Å². The van der Waals surface area contributed by atoms with E-state index in [9.17, 15) is 13.2 Å². The molecule has 0 aromatic heterocycles. The molecule has 5 nitrogen and oxygen atoms in total. The Morgan fingerprint density at radius 3 is 2.77 bits per heavy atom. The highest BCUT2D eigenvalue weighted by Gasteiger charge is 2.33. The van der Waals surface area contributed by atoms with Gasteiger partial charge < -0.3 is 5.32 Å². The maximum Gasteiger partial charge on any atom is 0.243 e. The van der Waals surface area contributed by atoms with E-state index >= 15 is 0 Å². The summed E-state index contributed by atoms with van der Waals surface area (Å²) in [6.07, 6.45) is 1.42. The zero-order valence-corrected chi connectivity index (χ0v) is 15.2. The molecule has 1 heterocycles. The number of nitrogens with one attached hydrogen (secondary N) is 1.